The SMILES string of the molecule is CCCCCCCCCCCCCCCC(=O)OC[C@H](COP(=O)(O)OC[C@H](O)CO)OC(=O)CCCCCCCCCC. The quantitative estimate of drug-likeness (QED) is 0.0362. The molecule has 3 N–H and O–H groups in total. The lowest BCUT2D eigenvalue weighted by molar-refractivity contribution is -0.161. The molecule has 0 amide bonds. The maximum absolute atomic E-state index is 12.4. The molecule has 1 unspecified atom stereocenters. The van der Waals surface area contributed by atoms with Gasteiger partial charge < -0.3 is 24.6 Å². The van der Waals surface area contributed by atoms with Gasteiger partial charge in [-0.25, -0.2) is 4.57 Å². The Bertz CT molecular complexity index is 721. The third-order valence-electron chi connectivity index (χ3n) is 7.51. The highest BCUT2D eigenvalue weighted by Crippen LogP contribution is 2.43. The molecule has 3 atom stereocenters. The Morgan fingerprint density at radius 2 is 0.977 bits per heavy atom. The zero-order chi connectivity index (χ0) is 32.7. The first-order chi connectivity index (χ1) is 21.2. The molecule has 44 heavy (non-hydrogen) atoms. The van der Waals surface area contributed by atoms with Crippen LogP contribution in [-0.4, -0.2) is 65.7 Å². The highest BCUT2D eigenvalue weighted by Gasteiger charge is 2.27. The number of aliphatic hydroxyl groups excluding tert-OH is 2. The van der Waals surface area contributed by atoms with Gasteiger partial charge in [0.25, 0.3) is 0 Å². The van der Waals surface area contributed by atoms with Gasteiger partial charge in [-0.15, -0.1) is 0 Å². The lowest BCUT2D eigenvalue weighted by Crippen LogP contribution is -2.29. The first kappa shape index (κ1) is 43.0. The molecule has 11 heteroatoms. The molecule has 10 nitrogen and oxygen atoms in total. The first-order valence-electron chi connectivity index (χ1n) is 17.5. The summed E-state index contributed by atoms with van der Waals surface area (Å²) in [5.74, 6) is -0.923. The maximum atomic E-state index is 12.4. The zero-order valence-corrected chi connectivity index (χ0v) is 28.8. The van der Waals surface area contributed by atoms with Crippen molar-refractivity contribution in [1.82, 2.24) is 0 Å². The van der Waals surface area contributed by atoms with Crippen molar-refractivity contribution in [3.05, 3.63) is 0 Å². The number of hydrogen-bond donors (Lipinski definition) is 3. The molecule has 0 spiro atoms. The van der Waals surface area contributed by atoms with E-state index in [1.54, 1.807) is 0 Å². The maximum Gasteiger partial charge on any atom is 0.472 e. The van der Waals surface area contributed by atoms with E-state index in [0.29, 0.717) is 12.8 Å². The number of unbranched alkanes of at least 4 members (excludes halogenated alkanes) is 19. The smallest absolute Gasteiger partial charge is 0.462 e. The number of carbonyl (C=O) groups excluding carboxylic acids is 2. The second kappa shape index (κ2) is 30.6. The number of hydrogen-bond acceptors (Lipinski definition) is 9. The van der Waals surface area contributed by atoms with Gasteiger partial charge in [0.1, 0.15) is 12.7 Å². The van der Waals surface area contributed by atoms with Crippen LogP contribution in [0.4, 0.5) is 0 Å². The zero-order valence-electron chi connectivity index (χ0n) is 27.9. The van der Waals surface area contributed by atoms with E-state index in [1.165, 1.54) is 83.5 Å². The van der Waals surface area contributed by atoms with E-state index in [1.807, 2.05) is 0 Å². The molecule has 0 aromatic rings. The van der Waals surface area contributed by atoms with Crippen LogP contribution in [-0.2, 0) is 32.7 Å². The van der Waals surface area contributed by atoms with Crippen LogP contribution < -0.4 is 0 Å². The van der Waals surface area contributed by atoms with E-state index in [2.05, 4.69) is 18.4 Å². The summed E-state index contributed by atoms with van der Waals surface area (Å²) in [6.07, 6.45) is 22.3. The number of aliphatic hydroxyl groups is 2. The number of phosphoric acid groups is 1. The van der Waals surface area contributed by atoms with Crippen LogP contribution >= 0.6 is 7.82 Å². The molecule has 0 heterocycles. The fourth-order valence-electron chi connectivity index (χ4n) is 4.76. The Kier molecular flexibility index (Phi) is 29.9. The lowest BCUT2D eigenvalue weighted by Gasteiger charge is -2.20. The predicted octanol–water partition coefficient (Wildman–Crippen LogP) is 7.94. The summed E-state index contributed by atoms with van der Waals surface area (Å²) in [6.45, 7) is 2.33. The normalized spacial score (nSPS) is 14.2. The van der Waals surface area contributed by atoms with Crippen molar-refractivity contribution in [3.63, 3.8) is 0 Å². The van der Waals surface area contributed by atoms with Gasteiger partial charge in [0.15, 0.2) is 6.10 Å². The average molecular weight is 653 g/mol. The Morgan fingerprint density at radius 1 is 0.591 bits per heavy atom. The number of ether oxygens (including phenoxy) is 2. The van der Waals surface area contributed by atoms with Crippen molar-refractivity contribution in [3.8, 4) is 0 Å². The highest BCUT2D eigenvalue weighted by atomic mass is 31.2. The van der Waals surface area contributed by atoms with Gasteiger partial charge in [-0.05, 0) is 12.8 Å². The van der Waals surface area contributed by atoms with Gasteiger partial charge in [-0.1, -0.05) is 136 Å². The van der Waals surface area contributed by atoms with Crippen molar-refractivity contribution >= 4 is 19.8 Å². The Balaban J connectivity index is 4.35. The van der Waals surface area contributed by atoms with E-state index in [4.69, 9.17) is 19.1 Å². The van der Waals surface area contributed by atoms with Crippen molar-refractivity contribution in [2.24, 2.45) is 0 Å². The van der Waals surface area contributed by atoms with E-state index >= 15 is 0 Å². The molecular formula is C33H65O10P. The first-order valence-corrected chi connectivity index (χ1v) is 19.0. The summed E-state index contributed by atoms with van der Waals surface area (Å²) in [5, 5.41) is 18.2. The van der Waals surface area contributed by atoms with Gasteiger partial charge in [0.05, 0.1) is 19.8 Å². The van der Waals surface area contributed by atoms with Crippen LogP contribution in [0.2, 0.25) is 0 Å². The van der Waals surface area contributed by atoms with Crippen molar-refractivity contribution in [1.29, 1.82) is 0 Å². The number of phosphoric ester groups is 1. The minimum absolute atomic E-state index is 0.189. The van der Waals surface area contributed by atoms with E-state index < -0.39 is 51.8 Å². The minimum atomic E-state index is -4.59. The van der Waals surface area contributed by atoms with Crippen molar-refractivity contribution in [2.45, 2.75) is 174 Å². The number of esters is 2. The van der Waals surface area contributed by atoms with E-state index in [0.717, 1.165) is 38.5 Å². The molecule has 0 saturated heterocycles. The van der Waals surface area contributed by atoms with Gasteiger partial charge in [0, 0.05) is 12.8 Å². The summed E-state index contributed by atoms with van der Waals surface area (Å²) >= 11 is 0. The van der Waals surface area contributed by atoms with Crippen molar-refractivity contribution < 1.29 is 47.8 Å². The number of rotatable bonds is 33. The van der Waals surface area contributed by atoms with E-state index in [-0.39, 0.29) is 19.4 Å². The van der Waals surface area contributed by atoms with Crippen LogP contribution in [0.25, 0.3) is 0 Å². The van der Waals surface area contributed by atoms with Gasteiger partial charge >= 0.3 is 19.8 Å². The fraction of sp³-hybridized carbons (Fsp3) is 0.939. The van der Waals surface area contributed by atoms with Gasteiger partial charge in [-0.3, -0.25) is 18.6 Å². The Hall–Kier alpha value is -1.03. The predicted molar refractivity (Wildman–Crippen MR) is 173 cm³/mol. The average Bonchev–Trinajstić information content (AvgIpc) is 3.00. The van der Waals surface area contributed by atoms with E-state index in [9.17, 15) is 24.2 Å². The monoisotopic (exact) mass is 652 g/mol. The van der Waals surface area contributed by atoms with Gasteiger partial charge in [-0.2, -0.15) is 0 Å². The van der Waals surface area contributed by atoms with Crippen LogP contribution in [0.15, 0.2) is 0 Å². The molecule has 0 aromatic heterocycles. The molecule has 0 aromatic carbocycles. The second-order valence-electron chi connectivity index (χ2n) is 11.9. The molecule has 0 bridgehead atoms. The Labute approximate surface area is 267 Å². The summed E-state index contributed by atoms with van der Waals surface area (Å²) in [6, 6.07) is 0. The highest BCUT2D eigenvalue weighted by molar-refractivity contribution is 7.47. The Morgan fingerprint density at radius 3 is 1.41 bits per heavy atom. The molecule has 0 fully saturated rings. The fourth-order valence-corrected chi connectivity index (χ4v) is 5.55. The largest absolute Gasteiger partial charge is 0.472 e. The summed E-state index contributed by atoms with van der Waals surface area (Å²) < 4.78 is 32.4. The lowest BCUT2D eigenvalue weighted by atomic mass is 10.0. The third kappa shape index (κ3) is 29.7. The molecule has 0 aliphatic rings. The second-order valence-corrected chi connectivity index (χ2v) is 13.4. The third-order valence-corrected chi connectivity index (χ3v) is 8.46. The summed E-state index contributed by atoms with van der Waals surface area (Å²) in [7, 11) is -4.59. The summed E-state index contributed by atoms with van der Waals surface area (Å²) in [5.41, 5.74) is 0. The van der Waals surface area contributed by atoms with Crippen LogP contribution in [0.1, 0.15) is 162 Å². The number of carbonyl (C=O) groups is 2. The molecule has 0 aliphatic carbocycles. The molecule has 0 saturated carbocycles. The van der Waals surface area contributed by atoms with Crippen LogP contribution in [0.3, 0.4) is 0 Å². The minimum Gasteiger partial charge on any atom is -0.462 e. The van der Waals surface area contributed by atoms with Gasteiger partial charge in [0.2, 0.25) is 0 Å². The molecule has 0 rings (SSSR count). The summed E-state index contributed by atoms with van der Waals surface area (Å²) in [4.78, 5) is 34.6. The van der Waals surface area contributed by atoms with Crippen LogP contribution in [0.5, 0.6) is 0 Å². The standard InChI is InChI=1S/C33H65O10P/c1-3-5-7-9-11-13-14-15-16-17-19-20-22-24-32(36)40-28-31(29-42-44(38,39)41-27-30(35)26-34)43-33(37)25-23-21-18-12-10-8-6-4-2/h30-31,34-35H,3-29H2,1-2H3,(H,38,39)/t30-,31-/m1/s1. The molecular weight excluding hydrogens is 587 g/mol. The topological polar surface area (TPSA) is 149 Å². The van der Waals surface area contributed by atoms with Crippen molar-refractivity contribution in [2.75, 3.05) is 26.4 Å². The molecule has 0 aliphatic heterocycles. The molecule has 0 radical (unpaired) electrons. The molecule has 262 valence electrons. The van der Waals surface area contributed by atoms with Crippen LogP contribution in [0, 0.1) is 0 Å².